The highest BCUT2D eigenvalue weighted by molar-refractivity contribution is 5.44. The van der Waals surface area contributed by atoms with Gasteiger partial charge in [-0.15, -0.1) is 0 Å². The molecule has 0 aliphatic rings. The molecule has 7 nitrogen and oxygen atoms in total. The van der Waals surface area contributed by atoms with Gasteiger partial charge in [0.15, 0.2) is 5.76 Å². The lowest BCUT2D eigenvalue weighted by Gasteiger charge is -2.17. The molecule has 126 valence electrons. The van der Waals surface area contributed by atoms with Crippen LogP contribution >= 0.6 is 0 Å². The van der Waals surface area contributed by atoms with E-state index in [9.17, 15) is 0 Å². The van der Waals surface area contributed by atoms with Gasteiger partial charge in [0.25, 0.3) is 0 Å². The van der Waals surface area contributed by atoms with E-state index in [-0.39, 0.29) is 6.04 Å². The molecule has 1 atom stereocenters. The van der Waals surface area contributed by atoms with Crippen molar-refractivity contribution < 1.29 is 8.94 Å². The van der Waals surface area contributed by atoms with E-state index in [1.165, 1.54) is 0 Å². The molecule has 3 heterocycles. The lowest BCUT2D eigenvalue weighted by molar-refractivity contribution is 0.359. The van der Waals surface area contributed by atoms with Crippen molar-refractivity contribution in [3.8, 4) is 17.3 Å². The van der Waals surface area contributed by atoms with Gasteiger partial charge in [-0.25, -0.2) is 4.68 Å². The van der Waals surface area contributed by atoms with Gasteiger partial charge < -0.3 is 14.3 Å². The van der Waals surface area contributed by atoms with E-state index in [0.717, 1.165) is 11.3 Å². The van der Waals surface area contributed by atoms with Crippen molar-refractivity contribution in [3.05, 3.63) is 72.6 Å². The van der Waals surface area contributed by atoms with Crippen molar-refractivity contribution in [2.24, 2.45) is 0 Å². The maximum atomic E-state index is 5.28. The van der Waals surface area contributed by atoms with Crippen LogP contribution in [0, 0.1) is 0 Å². The van der Waals surface area contributed by atoms with Crippen molar-refractivity contribution >= 4 is 0 Å². The molecule has 1 aromatic carbocycles. The Morgan fingerprint density at radius 3 is 2.88 bits per heavy atom. The molecule has 1 N–H and O–H groups in total. The predicted molar refractivity (Wildman–Crippen MR) is 90.8 cm³/mol. The maximum Gasteiger partial charge on any atom is 0.241 e. The minimum Gasteiger partial charge on any atom is -0.461 e. The molecule has 0 aliphatic heterocycles. The molecule has 0 amide bonds. The lowest BCUT2D eigenvalue weighted by atomic mass is 10.1. The van der Waals surface area contributed by atoms with Gasteiger partial charge in [0.1, 0.15) is 0 Å². The van der Waals surface area contributed by atoms with E-state index < -0.39 is 0 Å². The van der Waals surface area contributed by atoms with Crippen molar-refractivity contribution in [2.45, 2.75) is 19.5 Å². The highest BCUT2D eigenvalue weighted by atomic mass is 16.5. The van der Waals surface area contributed by atoms with Crippen LogP contribution in [-0.2, 0) is 6.54 Å². The van der Waals surface area contributed by atoms with Crippen molar-refractivity contribution in [2.75, 3.05) is 0 Å². The summed E-state index contributed by atoms with van der Waals surface area (Å²) in [7, 11) is 0. The molecule has 3 aromatic heterocycles. The number of nitrogens with zero attached hydrogens (tertiary/aromatic N) is 4. The molecule has 0 spiro atoms. The number of para-hydroxylation sites is 1. The van der Waals surface area contributed by atoms with Crippen LogP contribution in [0.5, 0.6) is 0 Å². The summed E-state index contributed by atoms with van der Waals surface area (Å²) in [5, 5.41) is 11.7. The fourth-order valence-corrected chi connectivity index (χ4v) is 2.66. The van der Waals surface area contributed by atoms with Gasteiger partial charge in [-0.05, 0) is 36.8 Å². The standard InChI is InChI=1S/C18H17N5O2/c1-13(14-6-2-3-7-15(14)23-10-5-9-20-23)19-12-17-21-18(22-25-17)16-8-4-11-24-16/h2-11,13,19H,12H2,1H3/t13-/m1/s1. The van der Waals surface area contributed by atoms with Gasteiger partial charge in [0.2, 0.25) is 11.7 Å². The Morgan fingerprint density at radius 1 is 1.16 bits per heavy atom. The van der Waals surface area contributed by atoms with Crippen LogP contribution in [0.15, 0.2) is 70.1 Å². The molecular formula is C18H17N5O2. The van der Waals surface area contributed by atoms with Crippen LogP contribution in [0.3, 0.4) is 0 Å². The van der Waals surface area contributed by atoms with E-state index in [4.69, 9.17) is 8.94 Å². The zero-order chi connectivity index (χ0) is 17.1. The number of furan rings is 1. The van der Waals surface area contributed by atoms with Crippen molar-refractivity contribution in [1.82, 2.24) is 25.2 Å². The van der Waals surface area contributed by atoms with Crippen molar-refractivity contribution in [1.29, 1.82) is 0 Å². The summed E-state index contributed by atoms with van der Waals surface area (Å²) < 4.78 is 12.4. The second kappa shape index (κ2) is 6.74. The quantitative estimate of drug-likeness (QED) is 0.582. The van der Waals surface area contributed by atoms with E-state index >= 15 is 0 Å². The molecule has 7 heteroatoms. The third-order valence-electron chi connectivity index (χ3n) is 3.92. The molecule has 0 unspecified atom stereocenters. The van der Waals surface area contributed by atoms with Gasteiger partial charge in [-0.3, -0.25) is 0 Å². The molecule has 0 fully saturated rings. The first-order valence-electron chi connectivity index (χ1n) is 8.00. The first-order chi connectivity index (χ1) is 12.3. The molecule has 4 aromatic rings. The zero-order valence-corrected chi connectivity index (χ0v) is 13.7. The Labute approximate surface area is 144 Å². The van der Waals surface area contributed by atoms with Crippen LogP contribution in [0.1, 0.15) is 24.4 Å². The highest BCUT2D eigenvalue weighted by Crippen LogP contribution is 2.21. The Bertz CT molecular complexity index is 928. The largest absolute Gasteiger partial charge is 0.461 e. The first kappa shape index (κ1) is 15.3. The molecular weight excluding hydrogens is 318 g/mol. The molecule has 0 radical (unpaired) electrons. The Kier molecular flexibility index (Phi) is 4.14. The predicted octanol–water partition coefficient (Wildman–Crippen LogP) is 3.37. The molecule has 0 saturated carbocycles. The van der Waals surface area contributed by atoms with Crippen LogP contribution in [-0.4, -0.2) is 19.9 Å². The second-order valence-corrected chi connectivity index (χ2v) is 5.60. The van der Waals surface area contributed by atoms with Gasteiger partial charge in [0.05, 0.1) is 18.5 Å². The van der Waals surface area contributed by atoms with Gasteiger partial charge in [-0.1, -0.05) is 23.4 Å². The Morgan fingerprint density at radius 2 is 2.08 bits per heavy atom. The second-order valence-electron chi connectivity index (χ2n) is 5.60. The minimum absolute atomic E-state index is 0.0827. The number of nitrogens with one attached hydrogen (secondary N) is 1. The summed E-state index contributed by atoms with van der Waals surface area (Å²) in [6.45, 7) is 2.55. The first-order valence-corrected chi connectivity index (χ1v) is 8.00. The number of aromatic nitrogens is 4. The molecule has 0 aliphatic carbocycles. The van der Waals surface area contributed by atoms with E-state index in [1.54, 1.807) is 24.6 Å². The third-order valence-corrected chi connectivity index (χ3v) is 3.92. The third kappa shape index (κ3) is 3.22. The van der Waals surface area contributed by atoms with E-state index in [1.807, 2.05) is 35.1 Å². The summed E-state index contributed by atoms with van der Waals surface area (Å²) in [5.41, 5.74) is 2.17. The monoisotopic (exact) mass is 335 g/mol. The van der Waals surface area contributed by atoms with Crippen LogP contribution < -0.4 is 5.32 Å². The average molecular weight is 335 g/mol. The summed E-state index contributed by atoms with van der Waals surface area (Å²) in [6.07, 6.45) is 5.28. The maximum absolute atomic E-state index is 5.28. The normalized spacial score (nSPS) is 12.4. The summed E-state index contributed by atoms with van der Waals surface area (Å²) in [6, 6.07) is 13.7. The number of hydrogen-bond acceptors (Lipinski definition) is 6. The van der Waals surface area contributed by atoms with E-state index in [2.05, 4.69) is 33.5 Å². The average Bonchev–Trinajstić information content (AvgIpc) is 3.41. The highest BCUT2D eigenvalue weighted by Gasteiger charge is 2.14. The number of hydrogen-bond donors (Lipinski definition) is 1. The molecule has 0 saturated heterocycles. The summed E-state index contributed by atoms with van der Waals surface area (Å²) in [5.74, 6) is 1.55. The summed E-state index contributed by atoms with van der Waals surface area (Å²) >= 11 is 0. The molecule has 25 heavy (non-hydrogen) atoms. The van der Waals surface area contributed by atoms with Gasteiger partial charge in [-0.2, -0.15) is 10.1 Å². The Hall–Kier alpha value is -3.19. The van der Waals surface area contributed by atoms with Crippen LogP contribution in [0.25, 0.3) is 17.3 Å². The topological polar surface area (TPSA) is 81.9 Å². The van der Waals surface area contributed by atoms with Gasteiger partial charge >= 0.3 is 0 Å². The molecule has 0 bridgehead atoms. The lowest BCUT2D eigenvalue weighted by Crippen LogP contribution is -2.20. The molecule has 4 rings (SSSR count). The van der Waals surface area contributed by atoms with Gasteiger partial charge in [0, 0.05) is 18.4 Å². The van der Waals surface area contributed by atoms with Crippen LogP contribution in [0.4, 0.5) is 0 Å². The fraction of sp³-hybridized carbons (Fsp3) is 0.167. The van der Waals surface area contributed by atoms with E-state index in [0.29, 0.717) is 24.0 Å². The number of benzene rings is 1. The smallest absolute Gasteiger partial charge is 0.241 e. The van der Waals surface area contributed by atoms with Crippen LogP contribution in [0.2, 0.25) is 0 Å². The number of rotatable bonds is 6. The SMILES string of the molecule is C[C@@H](NCc1nc(-c2ccco2)no1)c1ccccc1-n1cccn1. The zero-order valence-electron chi connectivity index (χ0n) is 13.7. The fourth-order valence-electron chi connectivity index (χ4n) is 2.66. The van der Waals surface area contributed by atoms with Crippen molar-refractivity contribution in [3.63, 3.8) is 0 Å². The summed E-state index contributed by atoms with van der Waals surface area (Å²) in [4.78, 5) is 4.34. The minimum atomic E-state index is 0.0827. The Balaban J connectivity index is 1.47.